The summed E-state index contributed by atoms with van der Waals surface area (Å²) in [6.07, 6.45) is 4.71. The van der Waals surface area contributed by atoms with Gasteiger partial charge in [0.25, 0.3) is 0 Å². The zero-order valence-corrected chi connectivity index (χ0v) is 14.1. The highest BCUT2D eigenvalue weighted by atomic mass is 35.5. The zero-order valence-electron chi connectivity index (χ0n) is 13.4. The van der Waals surface area contributed by atoms with E-state index < -0.39 is 0 Å². The number of hydrogen-bond donors (Lipinski definition) is 1. The maximum atomic E-state index is 12.1. The largest absolute Gasteiger partial charge is 0.487 e. The lowest BCUT2D eigenvalue weighted by Gasteiger charge is -2.13. The van der Waals surface area contributed by atoms with E-state index in [0.717, 1.165) is 0 Å². The van der Waals surface area contributed by atoms with Crippen molar-refractivity contribution in [2.45, 2.75) is 6.92 Å². The third kappa shape index (κ3) is 5.68. The number of halogens is 1. The van der Waals surface area contributed by atoms with E-state index >= 15 is 0 Å². The van der Waals surface area contributed by atoms with E-state index in [9.17, 15) is 4.79 Å². The molecule has 0 saturated carbocycles. The minimum Gasteiger partial charge on any atom is -0.487 e. The Balaban J connectivity index is 2.01. The Morgan fingerprint density at radius 3 is 2.88 bits per heavy atom. The van der Waals surface area contributed by atoms with Crippen molar-refractivity contribution in [3.8, 4) is 5.75 Å². The number of hydrogen-bond acceptors (Lipinski definition) is 4. The van der Waals surface area contributed by atoms with Gasteiger partial charge >= 0.3 is 0 Å². The van der Waals surface area contributed by atoms with Gasteiger partial charge in [0.15, 0.2) is 5.75 Å². The van der Waals surface area contributed by atoms with E-state index in [-0.39, 0.29) is 5.91 Å². The van der Waals surface area contributed by atoms with Gasteiger partial charge in [-0.15, -0.1) is 0 Å². The first-order valence-corrected chi connectivity index (χ1v) is 7.97. The molecule has 1 aromatic heterocycles. The van der Waals surface area contributed by atoms with Crippen LogP contribution in [0.1, 0.15) is 12.6 Å². The Labute approximate surface area is 146 Å². The zero-order chi connectivity index (χ0) is 17.2. The van der Waals surface area contributed by atoms with Crippen molar-refractivity contribution in [2.75, 3.05) is 25.1 Å². The molecule has 1 heterocycles. The molecule has 0 fully saturated rings. The highest BCUT2D eigenvalue weighted by molar-refractivity contribution is 6.32. The van der Waals surface area contributed by atoms with Gasteiger partial charge in [-0.05, 0) is 37.3 Å². The van der Waals surface area contributed by atoms with Crippen LogP contribution in [0.4, 0.5) is 5.69 Å². The molecule has 126 valence electrons. The average Bonchev–Trinajstić information content (AvgIpc) is 2.60. The van der Waals surface area contributed by atoms with E-state index in [4.69, 9.17) is 21.1 Å². The van der Waals surface area contributed by atoms with E-state index in [0.29, 0.717) is 42.0 Å². The number of rotatable bonds is 8. The summed E-state index contributed by atoms with van der Waals surface area (Å²) in [6.45, 7) is 3.34. The van der Waals surface area contributed by atoms with Crippen LogP contribution in [0.15, 0.2) is 48.7 Å². The molecule has 0 aliphatic carbocycles. The molecular formula is C18H19ClN2O3. The summed E-state index contributed by atoms with van der Waals surface area (Å²) < 4.78 is 10.9. The lowest BCUT2D eigenvalue weighted by molar-refractivity contribution is -0.111. The van der Waals surface area contributed by atoms with Crippen LogP contribution >= 0.6 is 11.6 Å². The lowest BCUT2D eigenvalue weighted by atomic mass is 10.2. The molecule has 1 amide bonds. The number of ether oxygens (including phenoxy) is 2. The summed E-state index contributed by atoms with van der Waals surface area (Å²) in [6, 6.07) is 10.7. The quantitative estimate of drug-likeness (QED) is 0.583. The van der Waals surface area contributed by atoms with Gasteiger partial charge in [0, 0.05) is 18.9 Å². The third-order valence-corrected chi connectivity index (χ3v) is 3.29. The summed E-state index contributed by atoms with van der Waals surface area (Å²) in [5.41, 5.74) is 1.21. The topological polar surface area (TPSA) is 60.5 Å². The minimum absolute atomic E-state index is 0.294. The summed E-state index contributed by atoms with van der Waals surface area (Å²) in [4.78, 5) is 16.2. The van der Waals surface area contributed by atoms with Crippen molar-refractivity contribution in [2.24, 2.45) is 0 Å². The number of nitrogens with zero attached hydrogens (tertiary/aromatic N) is 1. The number of nitrogens with one attached hydrogen (secondary N) is 1. The Morgan fingerprint density at radius 1 is 1.25 bits per heavy atom. The molecule has 0 aliphatic heterocycles. The van der Waals surface area contributed by atoms with Gasteiger partial charge in [-0.1, -0.05) is 23.7 Å². The van der Waals surface area contributed by atoms with Crippen LogP contribution in [0.2, 0.25) is 5.02 Å². The fourth-order valence-electron chi connectivity index (χ4n) is 1.91. The number of carbonyl (C=O) groups is 1. The van der Waals surface area contributed by atoms with Crippen LogP contribution in [0.25, 0.3) is 6.08 Å². The van der Waals surface area contributed by atoms with Crippen molar-refractivity contribution >= 4 is 29.3 Å². The van der Waals surface area contributed by atoms with E-state index in [1.807, 2.05) is 25.1 Å². The Kier molecular flexibility index (Phi) is 7.26. The van der Waals surface area contributed by atoms with Crippen LogP contribution in [0, 0.1) is 0 Å². The number of benzene rings is 1. The molecular weight excluding hydrogens is 328 g/mol. The third-order valence-electron chi connectivity index (χ3n) is 3.00. The molecule has 0 atom stereocenters. The predicted octanol–water partition coefficient (Wildman–Crippen LogP) is 3.80. The van der Waals surface area contributed by atoms with Crippen molar-refractivity contribution in [1.82, 2.24) is 4.98 Å². The molecule has 1 aromatic carbocycles. The molecule has 24 heavy (non-hydrogen) atoms. The summed E-state index contributed by atoms with van der Waals surface area (Å²) in [5, 5.41) is 3.19. The first-order valence-electron chi connectivity index (χ1n) is 7.60. The van der Waals surface area contributed by atoms with Gasteiger partial charge in [-0.3, -0.25) is 9.78 Å². The molecule has 0 unspecified atom stereocenters. The van der Waals surface area contributed by atoms with Crippen LogP contribution in [0.5, 0.6) is 5.75 Å². The Morgan fingerprint density at radius 2 is 2.12 bits per heavy atom. The number of amides is 1. The molecule has 5 nitrogen and oxygen atoms in total. The van der Waals surface area contributed by atoms with Crippen LogP contribution in [-0.2, 0) is 9.53 Å². The van der Waals surface area contributed by atoms with Crippen molar-refractivity contribution in [3.63, 3.8) is 0 Å². The second kappa shape index (κ2) is 9.70. The average molecular weight is 347 g/mol. The van der Waals surface area contributed by atoms with Gasteiger partial charge < -0.3 is 14.8 Å². The maximum Gasteiger partial charge on any atom is 0.248 e. The fraction of sp³-hybridized carbons (Fsp3) is 0.222. The Hall–Kier alpha value is -2.37. The first-order chi connectivity index (χ1) is 11.7. The van der Waals surface area contributed by atoms with Crippen LogP contribution in [-0.4, -0.2) is 30.7 Å². The number of anilines is 1. The number of carbonyl (C=O) groups excluding carboxylic acids is 1. The van der Waals surface area contributed by atoms with Crippen molar-refractivity contribution in [3.05, 3.63) is 59.4 Å². The minimum atomic E-state index is -0.294. The summed E-state index contributed by atoms with van der Waals surface area (Å²) in [7, 11) is 0. The second-order valence-electron chi connectivity index (χ2n) is 4.74. The maximum absolute atomic E-state index is 12.1. The van der Waals surface area contributed by atoms with E-state index in [1.54, 1.807) is 30.5 Å². The number of pyridine rings is 1. The van der Waals surface area contributed by atoms with Gasteiger partial charge in [0.1, 0.15) is 6.61 Å². The van der Waals surface area contributed by atoms with Crippen molar-refractivity contribution < 1.29 is 14.3 Å². The van der Waals surface area contributed by atoms with Gasteiger partial charge in [-0.2, -0.15) is 0 Å². The highest BCUT2D eigenvalue weighted by Gasteiger charge is 2.10. The smallest absolute Gasteiger partial charge is 0.248 e. The molecule has 0 aliphatic rings. The van der Waals surface area contributed by atoms with Crippen molar-refractivity contribution in [1.29, 1.82) is 0 Å². The monoisotopic (exact) mass is 346 g/mol. The first kappa shape index (κ1) is 18.0. The Bertz CT molecular complexity index is 690. The predicted molar refractivity (Wildman–Crippen MR) is 95.3 cm³/mol. The summed E-state index contributed by atoms with van der Waals surface area (Å²) >= 11 is 6.15. The molecule has 6 heteroatoms. The molecule has 1 N–H and O–H groups in total. The highest BCUT2D eigenvalue weighted by Crippen LogP contribution is 2.32. The molecule has 0 spiro atoms. The van der Waals surface area contributed by atoms with Gasteiger partial charge in [0.2, 0.25) is 5.91 Å². The fourth-order valence-corrected chi connectivity index (χ4v) is 2.14. The molecule has 0 saturated heterocycles. The van der Waals surface area contributed by atoms with E-state index in [2.05, 4.69) is 10.3 Å². The number of aromatic nitrogens is 1. The molecule has 2 rings (SSSR count). The van der Waals surface area contributed by atoms with Gasteiger partial charge in [0.05, 0.1) is 23.0 Å². The van der Waals surface area contributed by atoms with E-state index in [1.165, 1.54) is 6.08 Å². The van der Waals surface area contributed by atoms with Crippen LogP contribution < -0.4 is 10.1 Å². The molecule has 2 aromatic rings. The number of para-hydroxylation sites is 1. The van der Waals surface area contributed by atoms with Gasteiger partial charge in [-0.25, -0.2) is 0 Å². The second-order valence-corrected chi connectivity index (χ2v) is 5.15. The van der Waals surface area contributed by atoms with Crippen LogP contribution in [0.3, 0.4) is 0 Å². The lowest BCUT2D eigenvalue weighted by Crippen LogP contribution is -2.12. The molecule has 0 radical (unpaired) electrons. The standard InChI is InChI=1S/C18H19ClN2O3/c1-2-23-12-13-24-18-15(19)7-5-8-16(18)21-17(22)10-9-14-6-3-4-11-20-14/h3-11H,2,12-13H2,1H3,(H,21,22). The normalized spacial score (nSPS) is 10.8. The SMILES string of the molecule is CCOCCOc1c(Cl)cccc1NC(=O)C=Cc1ccccn1. The molecule has 0 bridgehead atoms. The summed E-state index contributed by atoms with van der Waals surface area (Å²) in [5.74, 6) is 0.135.